The van der Waals surface area contributed by atoms with Crippen LogP contribution in [0.4, 0.5) is 10.1 Å². The van der Waals surface area contributed by atoms with Gasteiger partial charge in [-0.3, -0.25) is 0 Å². The molecule has 1 aromatic carbocycles. The molecule has 0 fully saturated rings. The Hall–Kier alpha value is -1.13. The van der Waals surface area contributed by atoms with Crippen LogP contribution in [0.15, 0.2) is 18.2 Å². The van der Waals surface area contributed by atoms with Crippen LogP contribution < -0.4 is 10.2 Å². The number of hydrogen-bond donors (Lipinski definition) is 2. The van der Waals surface area contributed by atoms with Crippen molar-refractivity contribution < 1.29 is 9.50 Å². The molecule has 1 aromatic rings. The first-order valence-corrected chi connectivity index (χ1v) is 5.39. The summed E-state index contributed by atoms with van der Waals surface area (Å²) in [6.07, 6.45) is 0. The highest BCUT2D eigenvalue weighted by atomic mass is 19.1. The van der Waals surface area contributed by atoms with Crippen LogP contribution in [0.2, 0.25) is 0 Å². The molecule has 0 aromatic heterocycles. The standard InChI is InChI=1S/C12H19FN2O/c1-9(14-2)12-10(13)5-4-6-11(12)15(3)7-8-16/h4-6,9,14,16H,7-8H2,1-3H3. The Kier molecular flexibility index (Phi) is 4.71. The fourth-order valence-electron chi connectivity index (χ4n) is 1.70. The number of hydrogen-bond acceptors (Lipinski definition) is 3. The number of likely N-dealkylation sites (N-methyl/N-ethyl adjacent to an activating group) is 1. The van der Waals surface area contributed by atoms with Gasteiger partial charge in [-0.05, 0) is 26.1 Å². The molecule has 0 amide bonds. The molecule has 1 atom stereocenters. The van der Waals surface area contributed by atoms with E-state index in [1.165, 1.54) is 6.07 Å². The van der Waals surface area contributed by atoms with Gasteiger partial charge in [0.1, 0.15) is 5.82 Å². The highest BCUT2D eigenvalue weighted by molar-refractivity contribution is 5.55. The van der Waals surface area contributed by atoms with Gasteiger partial charge in [-0.2, -0.15) is 0 Å². The van der Waals surface area contributed by atoms with Gasteiger partial charge in [-0.1, -0.05) is 6.07 Å². The van der Waals surface area contributed by atoms with E-state index in [2.05, 4.69) is 5.32 Å². The summed E-state index contributed by atoms with van der Waals surface area (Å²) in [5.41, 5.74) is 1.46. The van der Waals surface area contributed by atoms with Crippen LogP contribution in [0.5, 0.6) is 0 Å². The second-order valence-corrected chi connectivity index (χ2v) is 3.83. The average molecular weight is 226 g/mol. The molecule has 3 nitrogen and oxygen atoms in total. The van der Waals surface area contributed by atoms with Crippen LogP contribution in [0.3, 0.4) is 0 Å². The van der Waals surface area contributed by atoms with Crippen molar-refractivity contribution in [2.75, 3.05) is 32.1 Å². The first-order chi connectivity index (χ1) is 7.61. The summed E-state index contributed by atoms with van der Waals surface area (Å²) in [7, 11) is 3.64. The number of anilines is 1. The van der Waals surface area contributed by atoms with Crippen LogP contribution in [-0.4, -0.2) is 32.4 Å². The van der Waals surface area contributed by atoms with E-state index in [1.54, 1.807) is 13.1 Å². The second kappa shape index (κ2) is 5.82. The van der Waals surface area contributed by atoms with Crippen LogP contribution in [0.25, 0.3) is 0 Å². The van der Waals surface area contributed by atoms with Crippen molar-refractivity contribution in [3.8, 4) is 0 Å². The molecular weight excluding hydrogens is 207 g/mol. The fraction of sp³-hybridized carbons (Fsp3) is 0.500. The second-order valence-electron chi connectivity index (χ2n) is 3.83. The van der Waals surface area contributed by atoms with Crippen LogP contribution in [0, 0.1) is 5.82 Å². The Labute approximate surface area is 95.9 Å². The first kappa shape index (κ1) is 12.9. The van der Waals surface area contributed by atoms with E-state index in [0.717, 1.165) is 5.69 Å². The van der Waals surface area contributed by atoms with Gasteiger partial charge in [-0.25, -0.2) is 4.39 Å². The molecule has 1 rings (SSSR count). The lowest BCUT2D eigenvalue weighted by atomic mass is 10.0. The molecule has 0 saturated heterocycles. The zero-order chi connectivity index (χ0) is 12.1. The highest BCUT2D eigenvalue weighted by Crippen LogP contribution is 2.27. The van der Waals surface area contributed by atoms with Gasteiger partial charge in [0, 0.05) is 30.9 Å². The molecule has 0 aliphatic rings. The number of halogens is 1. The Balaban J connectivity index is 3.12. The van der Waals surface area contributed by atoms with E-state index in [9.17, 15) is 4.39 Å². The highest BCUT2D eigenvalue weighted by Gasteiger charge is 2.16. The van der Waals surface area contributed by atoms with Crippen LogP contribution >= 0.6 is 0 Å². The van der Waals surface area contributed by atoms with Crippen molar-refractivity contribution in [3.05, 3.63) is 29.6 Å². The average Bonchev–Trinajstić information content (AvgIpc) is 2.28. The van der Waals surface area contributed by atoms with Crippen molar-refractivity contribution in [1.82, 2.24) is 5.32 Å². The zero-order valence-electron chi connectivity index (χ0n) is 10.00. The van der Waals surface area contributed by atoms with Gasteiger partial charge in [0.2, 0.25) is 0 Å². The van der Waals surface area contributed by atoms with E-state index >= 15 is 0 Å². The van der Waals surface area contributed by atoms with E-state index in [4.69, 9.17) is 5.11 Å². The first-order valence-electron chi connectivity index (χ1n) is 5.39. The number of benzene rings is 1. The van der Waals surface area contributed by atoms with Gasteiger partial charge in [-0.15, -0.1) is 0 Å². The Morgan fingerprint density at radius 3 is 2.75 bits per heavy atom. The van der Waals surface area contributed by atoms with Gasteiger partial charge in [0.25, 0.3) is 0 Å². The molecule has 4 heteroatoms. The molecule has 0 radical (unpaired) electrons. The molecule has 0 heterocycles. The Morgan fingerprint density at radius 2 is 2.19 bits per heavy atom. The van der Waals surface area contributed by atoms with Crippen molar-refractivity contribution in [2.45, 2.75) is 13.0 Å². The summed E-state index contributed by atoms with van der Waals surface area (Å²) in [6.45, 7) is 2.46. The summed E-state index contributed by atoms with van der Waals surface area (Å²) in [6, 6.07) is 4.95. The molecule has 0 aliphatic heterocycles. The third-order valence-corrected chi connectivity index (χ3v) is 2.74. The third kappa shape index (κ3) is 2.71. The molecule has 0 aliphatic carbocycles. The van der Waals surface area contributed by atoms with Gasteiger partial charge < -0.3 is 15.3 Å². The molecular formula is C12H19FN2O. The van der Waals surface area contributed by atoms with Crippen LogP contribution in [-0.2, 0) is 0 Å². The molecule has 1 unspecified atom stereocenters. The summed E-state index contributed by atoms with van der Waals surface area (Å²) >= 11 is 0. The largest absolute Gasteiger partial charge is 0.395 e. The lowest BCUT2D eigenvalue weighted by molar-refractivity contribution is 0.304. The van der Waals surface area contributed by atoms with Gasteiger partial charge >= 0.3 is 0 Å². The number of aliphatic hydroxyl groups is 1. The summed E-state index contributed by atoms with van der Waals surface area (Å²) in [5.74, 6) is -0.218. The number of nitrogens with zero attached hydrogens (tertiary/aromatic N) is 1. The maximum Gasteiger partial charge on any atom is 0.130 e. The molecule has 0 saturated carbocycles. The van der Waals surface area contributed by atoms with E-state index < -0.39 is 0 Å². The lowest BCUT2D eigenvalue weighted by Gasteiger charge is -2.24. The maximum atomic E-state index is 13.8. The number of aliphatic hydroxyl groups excluding tert-OH is 1. The van der Waals surface area contributed by atoms with E-state index in [0.29, 0.717) is 12.1 Å². The molecule has 0 bridgehead atoms. The molecule has 90 valence electrons. The summed E-state index contributed by atoms with van der Waals surface area (Å²) in [4.78, 5) is 1.85. The fourth-order valence-corrected chi connectivity index (χ4v) is 1.70. The minimum absolute atomic E-state index is 0.0559. The minimum Gasteiger partial charge on any atom is -0.395 e. The minimum atomic E-state index is -0.218. The zero-order valence-corrected chi connectivity index (χ0v) is 10.00. The van der Waals surface area contributed by atoms with Gasteiger partial charge in [0.15, 0.2) is 0 Å². The predicted octanol–water partition coefficient (Wildman–Crippen LogP) is 1.53. The monoisotopic (exact) mass is 226 g/mol. The maximum absolute atomic E-state index is 13.8. The molecule has 16 heavy (non-hydrogen) atoms. The Bertz CT molecular complexity index is 344. The van der Waals surface area contributed by atoms with Crippen LogP contribution in [0.1, 0.15) is 18.5 Å². The molecule has 2 N–H and O–H groups in total. The van der Waals surface area contributed by atoms with E-state index in [1.807, 2.05) is 24.9 Å². The summed E-state index contributed by atoms with van der Waals surface area (Å²) in [5, 5.41) is 11.9. The molecule has 0 spiro atoms. The number of rotatable bonds is 5. The Morgan fingerprint density at radius 1 is 1.50 bits per heavy atom. The number of nitrogens with one attached hydrogen (secondary N) is 1. The quantitative estimate of drug-likeness (QED) is 0.799. The lowest BCUT2D eigenvalue weighted by Crippen LogP contribution is -2.25. The smallest absolute Gasteiger partial charge is 0.130 e. The van der Waals surface area contributed by atoms with Gasteiger partial charge in [0.05, 0.1) is 6.61 Å². The SMILES string of the molecule is CNC(C)c1c(F)cccc1N(C)CCO. The van der Waals surface area contributed by atoms with Crippen molar-refractivity contribution >= 4 is 5.69 Å². The topological polar surface area (TPSA) is 35.5 Å². The van der Waals surface area contributed by atoms with Crippen molar-refractivity contribution in [2.24, 2.45) is 0 Å². The summed E-state index contributed by atoms with van der Waals surface area (Å²) < 4.78 is 13.8. The van der Waals surface area contributed by atoms with Crippen molar-refractivity contribution in [3.63, 3.8) is 0 Å². The normalized spacial score (nSPS) is 12.6. The third-order valence-electron chi connectivity index (χ3n) is 2.74. The van der Waals surface area contributed by atoms with Crippen molar-refractivity contribution in [1.29, 1.82) is 0 Å². The predicted molar refractivity (Wildman–Crippen MR) is 64.2 cm³/mol. The van der Waals surface area contributed by atoms with E-state index in [-0.39, 0.29) is 18.5 Å².